The summed E-state index contributed by atoms with van der Waals surface area (Å²) in [5, 5.41) is 2.91. The third-order valence-corrected chi connectivity index (χ3v) is 2.31. The van der Waals surface area contributed by atoms with Crippen molar-refractivity contribution in [1.29, 1.82) is 0 Å². The zero-order valence-corrected chi connectivity index (χ0v) is 10.1. The first-order chi connectivity index (χ1) is 6.51. The van der Waals surface area contributed by atoms with E-state index in [4.69, 9.17) is 0 Å². The van der Waals surface area contributed by atoms with Crippen LogP contribution in [0.3, 0.4) is 0 Å². The molecule has 0 aromatic rings. The molecule has 0 aliphatic rings. The second kappa shape index (κ2) is 6.68. The molecule has 0 aromatic carbocycles. The molecule has 0 aliphatic heterocycles. The van der Waals surface area contributed by atoms with Crippen molar-refractivity contribution in [3.05, 3.63) is 0 Å². The minimum Gasteiger partial charge on any atom is -0.336 e. The van der Waals surface area contributed by atoms with Crippen molar-refractivity contribution in [2.45, 2.75) is 47.1 Å². The molecular formula is C11H24N2O. The number of hydrogen-bond donors (Lipinski definition) is 1. The van der Waals surface area contributed by atoms with Gasteiger partial charge in [0.05, 0.1) is 0 Å². The fraction of sp³-hybridized carbons (Fsp3) is 0.909. The number of amides is 2. The number of carbonyl (C=O) groups is 1. The second-order valence-electron chi connectivity index (χ2n) is 4.16. The lowest BCUT2D eigenvalue weighted by Crippen LogP contribution is -2.44. The minimum absolute atomic E-state index is 0.0581. The Balaban J connectivity index is 4.05. The maximum atomic E-state index is 11.7. The van der Waals surface area contributed by atoms with Crippen LogP contribution in [0.15, 0.2) is 0 Å². The summed E-state index contributed by atoms with van der Waals surface area (Å²) >= 11 is 0. The van der Waals surface area contributed by atoms with Gasteiger partial charge < -0.3 is 10.2 Å². The molecule has 0 heterocycles. The Labute approximate surface area is 87.9 Å². The summed E-state index contributed by atoms with van der Waals surface area (Å²) in [5.41, 5.74) is 0. The van der Waals surface area contributed by atoms with E-state index in [1.807, 2.05) is 25.7 Å². The first-order valence-corrected chi connectivity index (χ1v) is 5.56. The van der Waals surface area contributed by atoms with Gasteiger partial charge >= 0.3 is 6.03 Å². The molecule has 2 amide bonds. The summed E-state index contributed by atoms with van der Waals surface area (Å²) in [7, 11) is 0. The summed E-state index contributed by atoms with van der Waals surface area (Å²) < 4.78 is 0. The molecule has 84 valence electrons. The Morgan fingerprint density at radius 2 is 1.86 bits per heavy atom. The van der Waals surface area contributed by atoms with E-state index in [0.29, 0.717) is 5.92 Å². The monoisotopic (exact) mass is 200 g/mol. The van der Waals surface area contributed by atoms with E-state index >= 15 is 0 Å². The molecule has 3 heteroatoms. The van der Waals surface area contributed by atoms with Crippen LogP contribution in [0, 0.1) is 5.92 Å². The van der Waals surface area contributed by atoms with Crippen LogP contribution in [-0.4, -0.2) is 30.1 Å². The zero-order valence-electron chi connectivity index (χ0n) is 10.1. The fourth-order valence-electron chi connectivity index (χ4n) is 1.20. The molecule has 0 bridgehead atoms. The topological polar surface area (TPSA) is 32.3 Å². The van der Waals surface area contributed by atoms with Gasteiger partial charge in [-0.25, -0.2) is 4.79 Å². The average Bonchev–Trinajstić information content (AvgIpc) is 2.12. The summed E-state index contributed by atoms with van der Waals surface area (Å²) in [4.78, 5) is 13.5. The van der Waals surface area contributed by atoms with Crippen molar-refractivity contribution in [1.82, 2.24) is 10.2 Å². The van der Waals surface area contributed by atoms with Gasteiger partial charge in [-0.05, 0) is 26.7 Å². The van der Waals surface area contributed by atoms with Gasteiger partial charge in [0.15, 0.2) is 0 Å². The van der Waals surface area contributed by atoms with Crippen molar-refractivity contribution in [2.75, 3.05) is 13.1 Å². The maximum absolute atomic E-state index is 11.7. The lowest BCUT2D eigenvalue weighted by Gasteiger charge is -2.25. The normalized spacial score (nSPS) is 12.7. The maximum Gasteiger partial charge on any atom is 0.317 e. The van der Waals surface area contributed by atoms with Crippen molar-refractivity contribution in [3.8, 4) is 0 Å². The van der Waals surface area contributed by atoms with Crippen molar-refractivity contribution >= 4 is 6.03 Å². The number of carbonyl (C=O) groups excluding carboxylic acids is 1. The molecule has 0 fully saturated rings. The second-order valence-corrected chi connectivity index (χ2v) is 4.16. The van der Waals surface area contributed by atoms with E-state index in [1.54, 1.807) is 0 Å². The molecule has 14 heavy (non-hydrogen) atoms. The summed E-state index contributed by atoms with van der Waals surface area (Å²) in [5.74, 6) is 0.577. The van der Waals surface area contributed by atoms with Crippen molar-refractivity contribution in [2.24, 2.45) is 5.92 Å². The quantitative estimate of drug-likeness (QED) is 0.726. The van der Waals surface area contributed by atoms with E-state index in [2.05, 4.69) is 19.2 Å². The van der Waals surface area contributed by atoms with Crippen molar-refractivity contribution in [3.63, 3.8) is 0 Å². The Kier molecular flexibility index (Phi) is 6.34. The predicted molar refractivity (Wildman–Crippen MR) is 60.4 cm³/mol. The van der Waals surface area contributed by atoms with Gasteiger partial charge in [-0.3, -0.25) is 0 Å². The molecule has 0 rings (SSSR count). The van der Waals surface area contributed by atoms with Crippen molar-refractivity contribution < 1.29 is 4.79 Å². The minimum atomic E-state index is 0.0581. The van der Waals surface area contributed by atoms with E-state index in [-0.39, 0.29) is 12.1 Å². The first kappa shape index (κ1) is 13.3. The molecule has 0 saturated carbocycles. The van der Waals surface area contributed by atoms with Gasteiger partial charge in [0.1, 0.15) is 0 Å². The number of nitrogens with zero attached hydrogens (tertiary/aromatic N) is 1. The standard InChI is InChI=1S/C11H24N2O/c1-6-10(5)8-13(7-2)11(14)12-9(3)4/h9-10H,6-8H2,1-5H3,(H,12,14). The van der Waals surface area contributed by atoms with Crippen LogP contribution in [0.5, 0.6) is 0 Å². The molecule has 0 spiro atoms. The van der Waals surface area contributed by atoms with Crippen LogP contribution >= 0.6 is 0 Å². The highest BCUT2D eigenvalue weighted by atomic mass is 16.2. The molecule has 0 aromatic heterocycles. The molecule has 0 aliphatic carbocycles. The molecule has 0 radical (unpaired) electrons. The Hall–Kier alpha value is -0.730. The van der Waals surface area contributed by atoms with Crippen LogP contribution in [0.1, 0.15) is 41.0 Å². The molecular weight excluding hydrogens is 176 g/mol. The summed E-state index contributed by atoms with van der Waals surface area (Å²) in [6, 6.07) is 0.274. The predicted octanol–water partition coefficient (Wildman–Crippen LogP) is 2.47. The van der Waals surface area contributed by atoms with Gasteiger partial charge in [0.25, 0.3) is 0 Å². The number of nitrogens with one attached hydrogen (secondary N) is 1. The van der Waals surface area contributed by atoms with Gasteiger partial charge in [0.2, 0.25) is 0 Å². The summed E-state index contributed by atoms with van der Waals surface area (Å²) in [6.45, 7) is 11.9. The number of hydrogen-bond acceptors (Lipinski definition) is 1. The molecule has 1 atom stereocenters. The van der Waals surface area contributed by atoms with E-state index in [1.165, 1.54) is 0 Å². The van der Waals surface area contributed by atoms with Crippen LogP contribution in [0.2, 0.25) is 0 Å². The lowest BCUT2D eigenvalue weighted by atomic mass is 10.1. The number of rotatable bonds is 5. The van der Waals surface area contributed by atoms with Crippen LogP contribution in [0.4, 0.5) is 4.79 Å². The Morgan fingerprint density at radius 3 is 2.21 bits per heavy atom. The van der Waals surface area contributed by atoms with E-state index < -0.39 is 0 Å². The third-order valence-electron chi connectivity index (χ3n) is 2.31. The SMILES string of the molecule is CCC(C)CN(CC)C(=O)NC(C)C. The highest BCUT2D eigenvalue weighted by molar-refractivity contribution is 5.74. The molecule has 1 unspecified atom stereocenters. The van der Waals surface area contributed by atoms with Gasteiger partial charge in [0, 0.05) is 19.1 Å². The molecule has 3 nitrogen and oxygen atoms in total. The van der Waals surface area contributed by atoms with Crippen LogP contribution < -0.4 is 5.32 Å². The summed E-state index contributed by atoms with van der Waals surface area (Å²) in [6.07, 6.45) is 1.12. The fourth-order valence-corrected chi connectivity index (χ4v) is 1.20. The largest absolute Gasteiger partial charge is 0.336 e. The van der Waals surface area contributed by atoms with Gasteiger partial charge in [-0.1, -0.05) is 20.3 Å². The van der Waals surface area contributed by atoms with Gasteiger partial charge in [-0.2, -0.15) is 0 Å². The lowest BCUT2D eigenvalue weighted by molar-refractivity contribution is 0.189. The van der Waals surface area contributed by atoms with Crippen LogP contribution in [-0.2, 0) is 0 Å². The number of urea groups is 1. The van der Waals surface area contributed by atoms with E-state index in [0.717, 1.165) is 19.5 Å². The molecule has 0 saturated heterocycles. The average molecular weight is 200 g/mol. The molecule has 1 N–H and O–H groups in total. The first-order valence-electron chi connectivity index (χ1n) is 5.56. The highest BCUT2D eigenvalue weighted by Crippen LogP contribution is 2.04. The Bertz CT molecular complexity index is 169. The zero-order chi connectivity index (χ0) is 11.1. The van der Waals surface area contributed by atoms with E-state index in [9.17, 15) is 4.79 Å². The van der Waals surface area contributed by atoms with Gasteiger partial charge in [-0.15, -0.1) is 0 Å². The highest BCUT2D eigenvalue weighted by Gasteiger charge is 2.14. The third kappa shape index (κ3) is 5.10. The Morgan fingerprint density at radius 1 is 1.29 bits per heavy atom. The smallest absolute Gasteiger partial charge is 0.317 e. The van der Waals surface area contributed by atoms with Crippen LogP contribution in [0.25, 0.3) is 0 Å².